The highest BCUT2D eigenvalue weighted by Gasteiger charge is 2.10. The molecule has 5 N–H and O–H groups in total. The molecule has 0 aliphatic heterocycles. The third-order valence-corrected chi connectivity index (χ3v) is 4.70. The van der Waals surface area contributed by atoms with Crippen molar-refractivity contribution >= 4 is 28.7 Å². The number of aromatic hydroxyl groups is 2. The number of aromatic nitrogens is 1. The summed E-state index contributed by atoms with van der Waals surface area (Å²) in [5.74, 6) is -0.282. The summed E-state index contributed by atoms with van der Waals surface area (Å²) in [6.07, 6.45) is 2.25. The maximum absolute atomic E-state index is 11.2. The number of nitrogens with zero attached hydrogens (tertiary/aromatic N) is 1. The molecule has 4 aromatic rings. The van der Waals surface area contributed by atoms with E-state index in [9.17, 15) is 15.0 Å². The van der Waals surface area contributed by atoms with E-state index >= 15 is 0 Å². The molecular formula is C23H19N3O3. The average Bonchev–Trinajstić information content (AvgIpc) is 3.01. The Hall–Kier alpha value is -4.06. The number of aliphatic imine (C=N–C) groups is 1. The highest BCUT2D eigenvalue weighted by Crippen LogP contribution is 2.28. The molecule has 0 atom stereocenters. The standard InChI is InChI=1S/C23H19N3O3/c24-22(28)16-7-4-14(5-8-16)10-15-6-9-21-19(11-15)20(23(29)26-21)13-25-17-2-1-3-18(27)12-17/h1-9,11-13,26-27,29H,10H2,(H2,24,28). The van der Waals surface area contributed by atoms with Gasteiger partial charge in [0.1, 0.15) is 5.75 Å². The summed E-state index contributed by atoms with van der Waals surface area (Å²) in [6.45, 7) is 0. The molecule has 1 aromatic heterocycles. The molecule has 6 heteroatoms. The van der Waals surface area contributed by atoms with E-state index in [2.05, 4.69) is 9.98 Å². The van der Waals surface area contributed by atoms with E-state index in [0.717, 1.165) is 22.0 Å². The van der Waals surface area contributed by atoms with E-state index in [1.54, 1.807) is 42.6 Å². The maximum Gasteiger partial charge on any atom is 0.248 e. The Bertz CT molecular complexity index is 1220. The van der Waals surface area contributed by atoms with Crippen LogP contribution in [0, 0.1) is 0 Å². The number of carbonyl (C=O) groups is 1. The van der Waals surface area contributed by atoms with Crippen LogP contribution in [-0.4, -0.2) is 27.3 Å². The Morgan fingerprint density at radius 1 is 1.00 bits per heavy atom. The lowest BCUT2D eigenvalue weighted by Crippen LogP contribution is -2.10. The lowest BCUT2D eigenvalue weighted by atomic mass is 10.0. The summed E-state index contributed by atoms with van der Waals surface area (Å²) in [7, 11) is 0. The second-order valence-electron chi connectivity index (χ2n) is 6.78. The molecule has 144 valence electrons. The number of phenols is 1. The van der Waals surface area contributed by atoms with Crippen molar-refractivity contribution in [2.45, 2.75) is 6.42 Å². The quantitative estimate of drug-likeness (QED) is 0.389. The molecule has 0 bridgehead atoms. The first kappa shape index (κ1) is 18.3. The maximum atomic E-state index is 11.2. The molecular weight excluding hydrogens is 366 g/mol. The number of phenolic OH excluding ortho intramolecular Hbond substituents is 1. The fourth-order valence-corrected chi connectivity index (χ4v) is 3.22. The van der Waals surface area contributed by atoms with Crippen LogP contribution in [0.15, 0.2) is 71.7 Å². The molecule has 29 heavy (non-hydrogen) atoms. The first-order valence-electron chi connectivity index (χ1n) is 9.05. The van der Waals surface area contributed by atoms with Gasteiger partial charge in [0.25, 0.3) is 0 Å². The zero-order valence-electron chi connectivity index (χ0n) is 15.5. The van der Waals surface area contributed by atoms with Gasteiger partial charge in [-0.2, -0.15) is 0 Å². The molecule has 0 saturated heterocycles. The van der Waals surface area contributed by atoms with Gasteiger partial charge < -0.3 is 20.9 Å². The van der Waals surface area contributed by atoms with Crippen LogP contribution in [0.25, 0.3) is 10.9 Å². The monoisotopic (exact) mass is 385 g/mol. The van der Waals surface area contributed by atoms with Crippen LogP contribution in [0.4, 0.5) is 5.69 Å². The third-order valence-electron chi connectivity index (χ3n) is 4.70. The number of nitrogens with two attached hydrogens (primary N) is 1. The van der Waals surface area contributed by atoms with Crippen molar-refractivity contribution in [3.63, 3.8) is 0 Å². The Morgan fingerprint density at radius 3 is 2.48 bits per heavy atom. The summed E-state index contributed by atoms with van der Waals surface area (Å²) >= 11 is 0. The van der Waals surface area contributed by atoms with E-state index in [1.807, 2.05) is 30.3 Å². The lowest BCUT2D eigenvalue weighted by Gasteiger charge is -2.04. The van der Waals surface area contributed by atoms with Crippen molar-refractivity contribution in [3.8, 4) is 11.6 Å². The Kier molecular flexibility index (Phi) is 4.75. The molecule has 0 saturated carbocycles. The van der Waals surface area contributed by atoms with Crippen molar-refractivity contribution in [1.82, 2.24) is 4.98 Å². The van der Waals surface area contributed by atoms with Crippen molar-refractivity contribution in [3.05, 3.63) is 89.0 Å². The SMILES string of the molecule is NC(=O)c1ccc(Cc2ccc3[nH]c(O)c(C=Nc4cccc(O)c4)c3c2)cc1. The topological polar surface area (TPSA) is 112 Å². The van der Waals surface area contributed by atoms with Gasteiger partial charge in [0.05, 0.1) is 11.3 Å². The predicted octanol–water partition coefficient (Wildman–Crippen LogP) is 4.02. The molecule has 6 nitrogen and oxygen atoms in total. The molecule has 3 aromatic carbocycles. The van der Waals surface area contributed by atoms with Gasteiger partial charge in [0.2, 0.25) is 5.91 Å². The van der Waals surface area contributed by atoms with Gasteiger partial charge in [-0.3, -0.25) is 9.79 Å². The number of rotatable bonds is 5. The number of amides is 1. The first-order valence-corrected chi connectivity index (χ1v) is 9.05. The Labute approximate surface area is 167 Å². The minimum Gasteiger partial charge on any atom is -0.508 e. The normalized spacial score (nSPS) is 11.3. The van der Waals surface area contributed by atoms with Crippen LogP contribution in [-0.2, 0) is 6.42 Å². The van der Waals surface area contributed by atoms with Crippen LogP contribution in [0.1, 0.15) is 27.0 Å². The van der Waals surface area contributed by atoms with Crippen LogP contribution in [0.2, 0.25) is 0 Å². The van der Waals surface area contributed by atoms with Crippen LogP contribution >= 0.6 is 0 Å². The Morgan fingerprint density at radius 2 is 1.76 bits per heavy atom. The van der Waals surface area contributed by atoms with Gasteiger partial charge in [-0.1, -0.05) is 24.3 Å². The van der Waals surface area contributed by atoms with Crippen LogP contribution in [0.3, 0.4) is 0 Å². The van der Waals surface area contributed by atoms with Crippen molar-refractivity contribution in [2.75, 3.05) is 0 Å². The van der Waals surface area contributed by atoms with E-state index in [1.165, 1.54) is 0 Å². The summed E-state index contributed by atoms with van der Waals surface area (Å²) in [6, 6.07) is 19.7. The van der Waals surface area contributed by atoms with Crippen molar-refractivity contribution in [1.29, 1.82) is 0 Å². The average molecular weight is 385 g/mol. The second-order valence-corrected chi connectivity index (χ2v) is 6.78. The molecule has 0 fully saturated rings. The summed E-state index contributed by atoms with van der Waals surface area (Å²) < 4.78 is 0. The zero-order valence-corrected chi connectivity index (χ0v) is 15.5. The Balaban J connectivity index is 1.64. The number of nitrogens with one attached hydrogen (secondary N) is 1. The van der Waals surface area contributed by atoms with Gasteiger partial charge >= 0.3 is 0 Å². The van der Waals surface area contributed by atoms with Crippen molar-refractivity contribution in [2.24, 2.45) is 10.7 Å². The van der Waals surface area contributed by atoms with Crippen LogP contribution < -0.4 is 5.73 Å². The van der Waals surface area contributed by atoms with Gasteiger partial charge in [0.15, 0.2) is 5.88 Å². The molecule has 0 aliphatic rings. The van der Waals surface area contributed by atoms with E-state index < -0.39 is 5.91 Å². The molecule has 0 spiro atoms. The van der Waals surface area contributed by atoms with Gasteiger partial charge in [-0.15, -0.1) is 0 Å². The fourth-order valence-electron chi connectivity index (χ4n) is 3.22. The van der Waals surface area contributed by atoms with E-state index in [-0.39, 0.29) is 11.6 Å². The molecule has 0 unspecified atom stereocenters. The number of aromatic amines is 1. The predicted molar refractivity (Wildman–Crippen MR) is 113 cm³/mol. The first-order chi connectivity index (χ1) is 14.0. The second kappa shape index (κ2) is 7.52. The van der Waals surface area contributed by atoms with Crippen molar-refractivity contribution < 1.29 is 15.0 Å². The third kappa shape index (κ3) is 3.96. The largest absolute Gasteiger partial charge is 0.508 e. The van der Waals surface area contributed by atoms with E-state index in [4.69, 9.17) is 5.73 Å². The number of H-pyrrole nitrogens is 1. The molecule has 0 radical (unpaired) electrons. The molecule has 0 aliphatic carbocycles. The number of hydrogen-bond donors (Lipinski definition) is 4. The lowest BCUT2D eigenvalue weighted by molar-refractivity contribution is 0.100. The molecule has 4 rings (SSSR count). The van der Waals surface area contributed by atoms with Gasteiger partial charge in [-0.25, -0.2) is 0 Å². The number of primary amides is 1. The molecule has 1 heterocycles. The summed E-state index contributed by atoms with van der Waals surface area (Å²) in [5.41, 5.74) is 9.82. The van der Waals surface area contributed by atoms with Gasteiger partial charge in [-0.05, 0) is 53.9 Å². The fraction of sp³-hybridized carbons (Fsp3) is 0.0435. The summed E-state index contributed by atoms with van der Waals surface area (Å²) in [4.78, 5) is 18.5. The number of hydrogen-bond acceptors (Lipinski definition) is 4. The molecule has 1 amide bonds. The summed E-state index contributed by atoms with van der Waals surface area (Å²) in [5, 5.41) is 20.7. The minimum absolute atomic E-state index is 0.0341. The minimum atomic E-state index is -0.448. The highest BCUT2D eigenvalue weighted by molar-refractivity contribution is 6.02. The van der Waals surface area contributed by atoms with E-state index in [0.29, 0.717) is 23.2 Å². The smallest absolute Gasteiger partial charge is 0.248 e. The zero-order chi connectivity index (χ0) is 20.4. The number of carbonyl (C=O) groups excluding carboxylic acids is 1. The number of fused-ring (bicyclic) bond motifs is 1. The van der Waals surface area contributed by atoms with Crippen LogP contribution in [0.5, 0.6) is 11.6 Å². The van der Waals surface area contributed by atoms with Gasteiger partial charge in [0, 0.05) is 28.7 Å². The number of benzene rings is 3. The highest BCUT2D eigenvalue weighted by atomic mass is 16.3.